The molecule has 0 saturated carbocycles. The average molecular weight is 281 g/mol. The molecular weight excluding hydrogens is 246 g/mol. The van der Waals surface area contributed by atoms with Crippen LogP contribution < -0.4 is 5.73 Å². The molecule has 0 amide bonds. The molecular formula is C17H35N3. The van der Waals surface area contributed by atoms with E-state index in [1.54, 1.807) is 0 Å². The molecule has 0 aromatic carbocycles. The summed E-state index contributed by atoms with van der Waals surface area (Å²) >= 11 is 0. The molecule has 2 fully saturated rings. The minimum absolute atomic E-state index is 0.255. The number of nitrogens with zero attached hydrogens (tertiary/aromatic N) is 2. The van der Waals surface area contributed by atoms with Gasteiger partial charge < -0.3 is 5.73 Å². The highest BCUT2D eigenvalue weighted by Gasteiger charge is 2.51. The summed E-state index contributed by atoms with van der Waals surface area (Å²) in [6.07, 6.45) is 9.23. The van der Waals surface area contributed by atoms with E-state index in [4.69, 9.17) is 5.73 Å². The molecule has 2 rings (SSSR count). The van der Waals surface area contributed by atoms with Gasteiger partial charge in [-0.25, -0.2) is 0 Å². The molecule has 0 aromatic rings. The Morgan fingerprint density at radius 3 is 2.75 bits per heavy atom. The van der Waals surface area contributed by atoms with E-state index in [-0.39, 0.29) is 5.54 Å². The molecule has 3 heteroatoms. The van der Waals surface area contributed by atoms with E-state index < -0.39 is 0 Å². The maximum absolute atomic E-state index is 6.37. The summed E-state index contributed by atoms with van der Waals surface area (Å²) in [5.74, 6) is 0. The fourth-order valence-electron chi connectivity index (χ4n) is 4.49. The first-order chi connectivity index (χ1) is 9.69. The molecule has 3 nitrogen and oxygen atoms in total. The Labute approximate surface area is 125 Å². The number of rotatable bonds is 7. The van der Waals surface area contributed by atoms with Gasteiger partial charge in [0, 0.05) is 25.2 Å². The third-order valence-corrected chi connectivity index (χ3v) is 5.87. The summed E-state index contributed by atoms with van der Waals surface area (Å²) in [7, 11) is 0. The molecule has 3 unspecified atom stereocenters. The Morgan fingerprint density at radius 2 is 2.10 bits per heavy atom. The van der Waals surface area contributed by atoms with E-state index >= 15 is 0 Å². The summed E-state index contributed by atoms with van der Waals surface area (Å²) < 4.78 is 0. The SMILES string of the molecule is CCCCN(C(C)CC)C1(CN)CCN2CCCCC21. The van der Waals surface area contributed by atoms with Crippen LogP contribution in [0.15, 0.2) is 0 Å². The third-order valence-electron chi connectivity index (χ3n) is 5.87. The van der Waals surface area contributed by atoms with Crippen LogP contribution in [0, 0.1) is 0 Å². The fraction of sp³-hybridized carbons (Fsp3) is 1.00. The zero-order valence-corrected chi connectivity index (χ0v) is 13.9. The summed E-state index contributed by atoms with van der Waals surface area (Å²) in [5.41, 5.74) is 6.63. The molecule has 2 N–H and O–H groups in total. The smallest absolute Gasteiger partial charge is 0.0501 e. The normalized spacial score (nSPS) is 32.5. The molecule has 118 valence electrons. The summed E-state index contributed by atoms with van der Waals surface area (Å²) in [5, 5.41) is 0. The van der Waals surface area contributed by atoms with Crippen molar-refractivity contribution in [1.29, 1.82) is 0 Å². The number of fused-ring (bicyclic) bond motifs is 1. The van der Waals surface area contributed by atoms with Gasteiger partial charge in [0.05, 0.1) is 5.54 Å². The number of hydrogen-bond donors (Lipinski definition) is 1. The number of piperidine rings is 1. The zero-order valence-electron chi connectivity index (χ0n) is 13.9. The maximum Gasteiger partial charge on any atom is 0.0501 e. The zero-order chi connectivity index (χ0) is 14.6. The molecule has 2 heterocycles. The van der Waals surface area contributed by atoms with Crippen LogP contribution in [0.5, 0.6) is 0 Å². The molecule has 2 aliphatic rings. The molecule has 2 saturated heterocycles. The molecule has 2 aliphatic heterocycles. The third kappa shape index (κ3) is 2.90. The van der Waals surface area contributed by atoms with Crippen molar-refractivity contribution in [2.75, 3.05) is 26.2 Å². The van der Waals surface area contributed by atoms with E-state index in [2.05, 4.69) is 30.6 Å². The van der Waals surface area contributed by atoms with E-state index in [0.717, 1.165) is 6.54 Å². The van der Waals surface area contributed by atoms with Crippen molar-refractivity contribution in [1.82, 2.24) is 9.80 Å². The average Bonchev–Trinajstić information content (AvgIpc) is 2.87. The van der Waals surface area contributed by atoms with Crippen molar-refractivity contribution in [2.45, 2.75) is 83.3 Å². The van der Waals surface area contributed by atoms with Crippen LogP contribution in [0.25, 0.3) is 0 Å². The lowest BCUT2D eigenvalue weighted by molar-refractivity contribution is 0.00878. The summed E-state index contributed by atoms with van der Waals surface area (Å²) in [6, 6.07) is 1.37. The van der Waals surface area contributed by atoms with Crippen LogP contribution in [0.4, 0.5) is 0 Å². The van der Waals surface area contributed by atoms with Crippen LogP contribution in [-0.4, -0.2) is 53.6 Å². The van der Waals surface area contributed by atoms with Gasteiger partial charge in [-0.2, -0.15) is 0 Å². The Balaban J connectivity index is 2.21. The van der Waals surface area contributed by atoms with Crippen molar-refractivity contribution in [3.05, 3.63) is 0 Å². The fourth-order valence-corrected chi connectivity index (χ4v) is 4.49. The second-order valence-corrected chi connectivity index (χ2v) is 6.91. The molecule has 0 radical (unpaired) electrons. The van der Waals surface area contributed by atoms with Gasteiger partial charge in [-0.05, 0) is 52.1 Å². The second-order valence-electron chi connectivity index (χ2n) is 6.91. The first-order valence-corrected chi connectivity index (χ1v) is 8.90. The predicted molar refractivity (Wildman–Crippen MR) is 87.0 cm³/mol. The Hall–Kier alpha value is -0.120. The van der Waals surface area contributed by atoms with E-state index in [0.29, 0.717) is 12.1 Å². The van der Waals surface area contributed by atoms with Crippen molar-refractivity contribution in [2.24, 2.45) is 5.73 Å². The Morgan fingerprint density at radius 1 is 1.30 bits per heavy atom. The van der Waals surface area contributed by atoms with Crippen LogP contribution >= 0.6 is 0 Å². The summed E-state index contributed by atoms with van der Waals surface area (Å²) in [6.45, 7) is 11.6. The van der Waals surface area contributed by atoms with Crippen molar-refractivity contribution < 1.29 is 0 Å². The van der Waals surface area contributed by atoms with Gasteiger partial charge in [-0.1, -0.05) is 26.7 Å². The van der Waals surface area contributed by atoms with Gasteiger partial charge >= 0.3 is 0 Å². The number of unbranched alkanes of at least 4 members (excludes halogenated alkanes) is 1. The maximum atomic E-state index is 6.37. The van der Waals surface area contributed by atoms with Gasteiger partial charge in [0.25, 0.3) is 0 Å². The van der Waals surface area contributed by atoms with Crippen LogP contribution in [0.1, 0.15) is 65.7 Å². The second kappa shape index (κ2) is 7.24. The van der Waals surface area contributed by atoms with Gasteiger partial charge in [0.1, 0.15) is 0 Å². The van der Waals surface area contributed by atoms with Gasteiger partial charge in [0.15, 0.2) is 0 Å². The van der Waals surface area contributed by atoms with E-state index in [1.165, 1.54) is 64.6 Å². The molecule has 0 bridgehead atoms. The van der Waals surface area contributed by atoms with Gasteiger partial charge in [0.2, 0.25) is 0 Å². The Bertz CT molecular complexity index is 294. The lowest BCUT2D eigenvalue weighted by Gasteiger charge is -2.50. The van der Waals surface area contributed by atoms with Gasteiger partial charge in [-0.3, -0.25) is 9.80 Å². The summed E-state index contributed by atoms with van der Waals surface area (Å²) in [4.78, 5) is 5.53. The van der Waals surface area contributed by atoms with Crippen molar-refractivity contribution in [3.8, 4) is 0 Å². The van der Waals surface area contributed by atoms with Crippen LogP contribution in [0.2, 0.25) is 0 Å². The molecule has 0 spiro atoms. The lowest BCUT2D eigenvalue weighted by atomic mass is 9.82. The molecule has 20 heavy (non-hydrogen) atoms. The molecule has 0 aromatic heterocycles. The first kappa shape index (κ1) is 16.3. The van der Waals surface area contributed by atoms with Crippen LogP contribution in [-0.2, 0) is 0 Å². The highest BCUT2D eigenvalue weighted by Crippen LogP contribution is 2.40. The standard InChI is InChI=1S/C17H35N3/c1-4-6-12-20(15(3)5-2)17(14-18)10-13-19-11-8-7-9-16(17)19/h15-16H,4-14,18H2,1-3H3. The first-order valence-electron chi connectivity index (χ1n) is 8.90. The minimum atomic E-state index is 0.255. The van der Waals surface area contributed by atoms with Gasteiger partial charge in [-0.15, -0.1) is 0 Å². The van der Waals surface area contributed by atoms with E-state index in [9.17, 15) is 0 Å². The minimum Gasteiger partial charge on any atom is -0.329 e. The van der Waals surface area contributed by atoms with Crippen molar-refractivity contribution in [3.63, 3.8) is 0 Å². The number of nitrogens with two attached hydrogens (primary N) is 1. The monoisotopic (exact) mass is 281 g/mol. The lowest BCUT2D eigenvalue weighted by Crippen LogP contribution is -2.64. The highest BCUT2D eigenvalue weighted by molar-refractivity contribution is 5.09. The topological polar surface area (TPSA) is 32.5 Å². The highest BCUT2D eigenvalue weighted by atomic mass is 15.3. The predicted octanol–water partition coefficient (Wildman–Crippen LogP) is 2.84. The number of hydrogen-bond acceptors (Lipinski definition) is 3. The Kier molecular flexibility index (Phi) is 5.88. The quantitative estimate of drug-likeness (QED) is 0.779. The largest absolute Gasteiger partial charge is 0.329 e. The molecule has 0 aliphatic carbocycles. The van der Waals surface area contributed by atoms with E-state index in [1.807, 2.05) is 0 Å². The van der Waals surface area contributed by atoms with Crippen LogP contribution in [0.3, 0.4) is 0 Å². The molecule has 3 atom stereocenters. The van der Waals surface area contributed by atoms with Crippen molar-refractivity contribution >= 4 is 0 Å².